The molecule has 0 aliphatic heterocycles. The van der Waals surface area contributed by atoms with Crippen molar-refractivity contribution in [2.24, 2.45) is 0 Å². The van der Waals surface area contributed by atoms with Gasteiger partial charge in [0.05, 0.1) is 0 Å². The molecule has 0 bridgehead atoms. The van der Waals surface area contributed by atoms with Gasteiger partial charge >= 0.3 is 12.0 Å². The van der Waals surface area contributed by atoms with E-state index < -0.39 is 0 Å². The van der Waals surface area contributed by atoms with Gasteiger partial charge in [0.1, 0.15) is 6.07 Å². The highest BCUT2D eigenvalue weighted by atomic mass is 16.1. The monoisotopic (exact) mass is 106 g/mol. The first-order valence-electron chi connectivity index (χ1n) is 2.22. The van der Waals surface area contributed by atoms with Crippen LogP contribution in [0.5, 0.6) is 0 Å². The third kappa shape index (κ3) is 0.863. The second-order valence-corrected chi connectivity index (χ2v) is 1.32. The predicted octanol–water partition coefficient (Wildman–Crippen LogP) is 0.539. The van der Waals surface area contributed by atoms with Crippen LogP contribution in [0, 0.1) is 0 Å². The lowest BCUT2D eigenvalue weighted by Crippen LogP contribution is -1.81. The van der Waals surface area contributed by atoms with Crippen molar-refractivity contribution in [1.82, 2.24) is 4.98 Å². The summed E-state index contributed by atoms with van der Waals surface area (Å²) in [6.45, 7) is 0. The van der Waals surface area contributed by atoms with Crippen molar-refractivity contribution in [3.05, 3.63) is 30.1 Å². The molecule has 0 unspecified atom stereocenters. The van der Waals surface area contributed by atoms with Crippen LogP contribution in [0.25, 0.3) is 0 Å². The van der Waals surface area contributed by atoms with Crippen LogP contribution < -0.4 is 0 Å². The minimum Gasteiger partial charge on any atom is -0.205 e. The molecular weight excluding hydrogens is 102 g/mol. The molecule has 0 N–H and O–H groups in total. The smallest absolute Gasteiger partial charge is 0.205 e. The molecule has 1 aromatic heterocycles. The maximum Gasteiger partial charge on any atom is 0.386 e. The lowest BCUT2D eigenvalue weighted by atomic mass is 10.4. The third-order valence-corrected chi connectivity index (χ3v) is 0.769. The Kier molecular flexibility index (Phi) is 1.31. The molecule has 0 saturated carbocycles. The molecule has 8 heavy (non-hydrogen) atoms. The number of hydrogen-bond donors (Lipinski definition) is 0. The summed E-state index contributed by atoms with van der Waals surface area (Å²) in [6.07, 6.45) is 3.22. The minimum atomic E-state index is 0.354. The minimum absolute atomic E-state index is 0.354. The zero-order valence-electron chi connectivity index (χ0n) is 4.16. The van der Waals surface area contributed by atoms with Crippen LogP contribution >= 0.6 is 0 Å². The normalized spacial score (nSPS) is 8.00. The topological polar surface area (TPSA) is 30.0 Å². The van der Waals surface area contributed by atoms with Gasteiger partial charge in [-0.2, -0.15) is 0 Å². The van der Waals surface area contributed by atoms with E-state index in [9.17, 15) is 4.79 Å². The number of aromatic nitrogens is 1. The molecule has 0 aliphatic carbocycles. The number of carbonyl (C=O) groups excluding carboxylic acids is 1. The second kappa shape index (κ2) is 2.15. The molecule has 1 rings (SSSR count). The largest absolute Gasteiger partial charge is 0.386 e. The number of nitrogens with zero attached hydrogens (tertiary/aromatic N) is 1. The van der Waals surface area contributed by atoms with E-state index in [2.05, 4.69) is 4.98 Å². The highest BCUT2D eigenvalue weighted by Gasteiger charge is 1.98. The molecule has 0 fully saturated rings. The van der Waals surface area contributed by atoms with Gasteiger partial charge in [-0.1, -0.05) is 4.79 Å². The number of pyridine rings is 1. The molecule has 0 spiro atoms. The van der Waals surface area contributed by atoms with Crippen molar-refractivity contribution in [2.45, 2.75) is 0 Å². The molecule has 0 atom stereocenters. The van der Waals surface area contributed by atoms with Crippen LogP contribution in [0.4, 0.5) is 0 Å². The van der Waals surface area contributed by atoms with E-state index in [1.165, 1.54) is 0 Å². The molecular formula is C6H4NO+. The fourth-order valence-corrected chi connectivity index (χ4v) is 0.423. The summed E-state index contributed by atoms with van der Waals surface area (Å²) >= 11 is 0. The summed E-state index contributed by atoms with van der Waals surface area (Å²) in [5.74, 6) is 0. The summed E-state index contributed by atoms with van der Waals surface area (Å²) in [5.41, 5.74) is 0.354. The SMILES string of the molecule is O=[C+]c1ccccn1. The molecule has 38 valence electrons. The fourth-order valence-electron chi connectivity index (χ4n) is 0.423. The number of hydrogen-bond acceptors (Lipinski definition) is 2. The van der Waals surface area contributed by atoms with Gasteiger partial charge in [-0.05, 0) is 6.07 Å². The lowest BCUT2D eigenvalue weighted by molar-refractivity contribution is 0.561. The van der Waals surface area contributed by atoms with Crippen LogP contribution in [0.1, 0.15) is 5.69 Å². The predicted molar refractivity (Wildman–Crippen MR) is 29.0 cm³/mol. The van der Waals surface area contributed by atoms with Crippen LogP contribution in [0.2, 0.25) is 0 Å². The lowest BCUT2D eigenvalue weighted by Gasteiger charge is -1.70. The van der Waals surface area contributed by atoms with Crippen LogP contribution in [-0.2, 0) is 4.79 Å². The van der Waals surface area contributed by atoms with Gasteiger partial charge in [0, 0.05) is 12.3 Å². The second-order valence-electron chi connectivity index (χ2n) is 1.32. The maximum atomic E-state index is 9.82. The van der Waals surface area contributed by atoms with E-state index in [0.29, 0.717) is 5.69 Å². The Labute approximate surface area is 47.2 Å². The van der Waals surface area contributed by atoms with Gasteiger partial charge in [-0.3, -0.25) is 0 Å². The summed E-state index contributed by atoms with van der Waals surface area (Å²) in [6, 6.07) is 5.10. The van der Waals surface area contributed by atoms with Crippen LogP contribution in [0.3, 0.4) is 0 Å². The van der Waals surface area contributed by atoms with Gasteiger partial charge in [0.15, 0.2) is 0 Å². The molecule has 0 amide bonds. The van der Waals surface area contributed by atoms with Crippen LogP contribution in [0.15, 0.2) is 24.4 Å². The Bertz CT molecular complexity index is 171. The Hall–Kier alpha value is -1.27. The van der Waals surface area contributed by atoms with Crippen molar-refractivity contribution >= 4 is 6.29 Å². The van der Waals surface area contributed by atoms with E-state index in [1.54, 1.807) is 30.7 Å². The summed E-state index contributed by atoms with van der Waals surface area (Å²) < 4.78 is 0. The molecule has 0 aromatic carbocycles. The average molecular weight is 106 g/mol. The molecule has 1 heterocycles. The van der Waals surface area contributed by atoms with Crippen molar-refractivity contribution in [3.8, 4) is 0 Å². The number of rotatable bonds is 1. The molecule has 2 nitrogen and oxygen atoms in total. The average Bonchev–Trinajstić information content (AvgIpc) is 1.90. The van der Waals surface area contributed by atoms with Gasteiger partial charge in [0.25, 0.3) is 0 Å². The molecule has 1 aromatic rings. The Morgan fingerprint density at radius 1 is 1.50 bits per heavy atom. The van der Waals surface area contributed by atoms with Crippen molar-refractivity contribution < 1.29 is 4.79 Å². The zero-order valence-corrected chi connectivity index (χ0v) is 4.16. The van der Waals surface area contributed by atoms with Gasteiger partial charge in [-0.25, -0.2) is 4.98 Å². The summed E-state index contributed by atoms with van der Waals surface area (Å²) in [4.78, 5) is 13.5. The Balaban J connectivity index is 2.99. The Morgan fingerprint density at radius 3 is 2.75 bits per heavy atom. The molecule has 0 saturated heterocycles. The maximum absolute atomic E-state index is 9.82. The van der Waals surface area contributed by atoms with E-state index >= 15 is 0 Å². The molecule has 2 heteroatoms. The molecule has 0 aliphatic rings. The van der Waals surface area contributed by atoms with Gasteiger partial charge < -0.3 is 0 Å². The van der Waals surface area contributed by atoms with Crippen molar-refractivity contribution in [1.29, 1.82) is 0 Å². The van der Waals surface area contributed by atoms with E-state index in [0.717, 1.165) is 0 Å². The highest BCUT2D eigenvalue weighted by Crippen LogP contribution is 1.85. The van der Waals surface area contributed by atoms with E-state index in [1.807, 2.05) is 0 Å². The van der Waals surface area contributed by atoms with E-state index in [-0.39, 0.29) is 0 Å². The first-order chi connectivity index (χ1) is 3.93. The fraction of sp³-hybridized carbons (Fsp3) is 0. The quantitative estimate of drug-likeness (QED) is 0.489. The standard InChI is InChI=1S/C6H4NO/c8-5-6-3-1-2-4-7-6/h1-4H/q+1. The summed E-state index contributed by atoms with van der Waals surface area (Å²) in [7, 11) is 0. The summed E-state index contributed by atoms with van der Waals surface area (Å²) in [5, 5.41) is 0. The third-order valence-electron chi connectivity index (χ3n) is 0.769. The Morgan fingerprint density at radius 2 is 2.38 bits per heavy atom. The van der Waals surface area contributed by atoms with E-state index in [4.69, 9.17) is 0 Å². The molecule has 0 radical (unpaired) electrons. The first kappa shape index (κ1) is 4.88. The van der Waals surface area contributed by atoms with Gasteiger partial charge in [-0.15, -0.1) is 0 Å². The van der Waals surface area contributed by atoms with Crippen molar-refractivity contribution in [3.63, 3.8) is 0 Å². The highest BCUT2D eigenvalue weighted by molar-refractivity contribution is 5.71. The van der Waals surface area contributed by atoms with Crippen LogP contribution in [-0.4, -0.2) is 11.3 Å². The van der Waals surface area contributed by atoms with Crippen molar-refractivity contribution in [2.75, 3.05) is 0 Å². The zero-order chi connectivity index (χ0) is 5.82. The first-order valence-corrected chi connectivity index (χ1v) is 2.22. The van der Waals surface area contributed by atoms with Gasteiger partial charge in [0.2, 0.25) is 0 Å².